The summed E-state index contributed by atoms with van der Waals surface area (Å²) in [6.07, 6.45) is -2.30. The summed E-state index contributed by atoms with van der Waals surface area (Å²) < 4.78 is 12.2. The predicted molar refractivity (Wildman–Crippen MR) is 16.3 cm³/mol. The summed E-state index contributed by atoms with van der Waals surface area (Å²) >= 11 is 0. The Hall–Kier alpha value is -0.580. The molecule has 1 atom stereocenters. The zero-order chi connectivity index (χ0) is 6.78. The molecule has 0 heterocycles. The van der Waals surface area contributed by atoms with Crippen molar-refractivity contribution in [2.45, 2.75) is 0 Å². The van der Waals surface area contributed by atoms with Crippen molar-refractivity contribution >= 4 is 14.0 Å². The molecule has 0 spiro atoms. The summed E-state index contributed by atoms with van der Waals surface area (Å²) in [5.41, 5.74) is 0. The van der Waals surface area contributed by atoms with E-state index in [4.69, 9.17) is 14.8 Å². The number of hydrogen-bond acceptors (Lipinski definition) is 5. The van der Waals surface area contributed by atoms with Gasteiger partial charge in [-0.2, -0.15) is 0 Å². The summed E-state index contributed by atoms with van der Waals surface area (Å²) in [6.45, 7) is 0. The molecule has 1 unspecified atom stereocenters. The molecule has 0 saturated carbocycles. The first kappa shape index (κ1) is 7.42. The highest BCUT2D eigenvalue weighted by molar-refractivity contribution is 7.45. The second kappa shape index (κ2) is 2.13. The highest BCUT2D eigenvalue weighted by atomic mass is 31.2. The van der Waals surface area contributed by atoms with Gasteiger partial charge in [0.05, 0.1) is 0 Å². The van der Waals surface area contributed by atoms with Crippen molar-refractivity contribution in [2.75, 3.05) is 0 Å². The highest BCUT2D eigenvalue weighted by Crippen LogP contribution is 2.29. The third-order valence-corrected chi connectivity index (χ3v) is 0.570. The molecule has 0 aliphatic carbocycles. The van der Waals surface area contributed by atoms with Crippen molar-refractivity contribution in [3.8, 4) is 0 Å². The van der Waals surface area contributed by atoms with E-state index in [2.05, 4.69) is 4.52 Å². The molecule has 0 aliphatic heterocycles. The van der Waals surface area contributed by atoms with Gasteiger partial charge in [0.25, 0.3) is 6.16 Å². The first-order valence-electron chi connectivity index (χ1n) is 1.36. The second-order valence-corrected chi connectivity index (χ2v) is 1.93. The van der Waals surface area contributed by atoms with Gasteiger partial charge in [-0.15, -0.1) is 0 Å². The standard InChI is InChI=1S/CH3O6P/c2-1(3)7-8(4,5)6/h(H,2,3)(H2,4,5,6)/p-2. The third kappa shape index (κ3) is 5.42. The van der Waals surface area contributed by atoms with Gasteiger partial charge in [0.2, 0.25) is 7.82 Å². The molecule has 0 radical (unpaired) electrons. The van der Waals surface area contributed by atoms with Gasteiger partial charge in [-0.3, -0.25) is 4.57 Å². The van der Waals surface area contributed by atoms with Crippen molar-refractivity contribution < 1.29 is 28.8 Å². The van der Waals surface area contributed by atoms with E-state index < -0.39 is 14.0 Å². The first-order valence-corrected chi connectivity index (χ1v) is 2.86. The van der Waals surface area contributed by atoms with Crippen LogP contribution >= 0.6 is 7.82 Å². The monoisotopic (exact) mass is 140 g/mol. The number of carbonyl (C=O) groups is 1. The van der Waals surface area contributed by atoms with Gasteiger partial charge in [-0.1, -0.05) is 0 Å². The number of phosphoric acid groups is 1. The van der Waals surface area contributed by atoms with E-state index >= 15 is 0 Å². The predicted octanol–water partition coefficient (Wildman–Crippen LogP) is -2.19. The molecular weight excluding hydrogens is 139 g/mol. The normalized spacial score (nSPS) is 16.8. The molecule has 0 aliphatic rings. The molecule has 8 heavy (non-hydrogen) atoms. The van der Waals surface area contributed by atoms with Crippen LogP contribution < -0.4 is 10.00 Å². The van der Waals surface area contributed by atoms with Crippen LogP contribution in [0.4, 0.5) is 4.79 Å². The quantitative estimate of drug-likeness (QED) is 0.414. The van der Waals surface area contributed by atoms with Crippen LogP contribution in [0.3, 0.4) is 0 Å². The fourth-order valence-electron chi connectivity index (χ4n) is 0.0942. The van der Waals surface area contributed by atoms with E-state index in [0.29, 0.717) is 0 Å². The summed E-state index contributed by atoms with van der Waals surface area (Å²) in [4.78, 5) is 26.1. The van der Waals surface area contributed by atoms with Gasteiger partial charge in [-0.05, 0) is 0 Å². The molecule has 7 heteroatoms. The number of carboxylic acid groups (broad SMARTS) is 1. The Morgan fingerprint density at radius 2 is 2.12 bits per heavy atom. The summed E-state index contributed by atoms with van der Waals surface area (Å²) in [6, 6.07) is 0. The number of hydrogen-bond donors (Lipinski definition) is 1. The molecule has 0 aromatic carbocycles. The van der Waals surface area contributed by atoms with Gasteiger partial charge in [-0.25, -0.2) is 0 Å². The lowest BCUT2D eigenvalue weighted by atomic mass is 11.5. The average Bonchev–Trinajstić information content (AvgIpc) is 1.21. The van der Waals surface area contributed by atoms with Gasteiger partial charge < -0.3 is 24.2 Å². The van der Waals surface area contributed by atoms with Crippen LogP contribution in [0.15, 0.2) is 0 Å². The molecular formula is CHO6P-2. The van der Waals surface area contributed by atoms with E-state index in [9.17, 15) is 9.46 Å². The highest BCUT2D eigenvalue weighted by Gasteiger charge is 1.95. The summed E-state index contributed by atoms with van der Waals surface area (Å²) in [5.74, 6) is 0. The van der Waals surface area contributed by atoms with Gasteiger partial charge in [0.15, 0.2) is 0 Å². The van der Waals surface area contributed by atoms with Crippen LogP contribution in [0.25, 0.3) is 0 Å². The second-order valence-electron chi connectivity index (χ2n) is 0.810. The molecule has 48 valence electrons. The van der Waals surface area contributed by atoms with E-state index in [1.165, 1.54) is 0 Å². The maximum absolute atomic E-state index is 9.38. The molecule has 0 aromatic heterocycles. The number of rotatable bonds is 1. The average molecular weight is 140 g/mol. The lowest BCUT2D eigenvalue weighted by molar-refractivity contribution is -0.285. The third-order valence-electron chi connectivity index (χ3n) is 0.190. The van der Waals surface area contributed by atoms with Crippen molar-refractivity contribution in [2.24, 2.45) is 0 Å². The molecule has 0 amide bonds. The molecule has 6 nitrogen and oxygen atoms in total. The van der Waals surface area contributed by atoms with Crippen LogP contribution in [0.5, 0.6) is 0 Å². The van der Waals surface area contributed by atoms with Crippen LogP contribution in [-0.4, -0.2) is 11.0 Å². The zero-order valence-corrected chi connectivity index (χ0v) is 4.33. The topological polar surface area (TPSA) is 110 Å². The van der Waals surface area contributed by atoms with E-state index in [-0.39, 0.29) is 0 Å². The van der Waals surface area contributed by atoms with Gasteiger partial charge in [0.1, 0.15) is 0 Å². The minimum absolute atomic E-state index is 2.30. The number of phosphoric ester groups is 1. The Morgan fingerprint density at radius 3 is 2.12 bits per heavy atom. The van der Waals surface area contributed by atoms with Crippen molar-refractivity contribution in [3.63, 3.8) is 0 Å². The SMILES string of the molecule is O=C([O-])OP(=O)([O-])O. The molecule has 1 N–H and O–H groups in total. The molecule has 0 bridgehead atoms. The fraction of sp³-hybridized carbons (Fsp3) is 0. The molecule has 0 saturated heterocycles. The Balaban J connectivity index is 3.74. The Kier molecular flexibility index (Phi) is 1.97. The largest absolute Gasteiger partial charge is 0.762 e. The van der Waals surface area contributed by atoms with Crippen LogP contribution in [0, 0.1) is 0 Å². The lowest BCUT2D eigenvalue weighted by Gasteiger charge is -2.19. The molecule has 0 fully saturated rings. The zero-order valence-electron chi connectivity index (χ0n) is 3.44. The summed E-state index contributed by atoms with van der Waals surface area (Å²) in [7, 11) is -5.13. The van der Waals surface area contributed by atoms with Gasteiger partial charge in [0, 0.05) is 0 Å². The van der Waals surface area contributed by atoms with E-state index in [1.54, 1.807) is 0 Å². The minimum atomic E-state index is -5.13. The van der Waals surface area contributed by atoms with Crippen molar-refractivity contribution in [1.29, 1.82) is 0 Å². The lowest BCUT2D eigenvalue weighted by Crippen LogP contribution is -2.24. The van der Waals surface area contributed by atoms with E-state index in [0.717, 1.165) is 0 Å². The number of carbonyl (C=O) groups excluding carboxylic acids is 1. The van der Waals surface area contributed by atoms with Crippen LogP contribution in [0.2, 0.25) is 0 Å². The van der Waals surface area contributed by atoms with E-state index in [1.807, 2.05) is 0 Å². The van der Waals surface area contributed by atoms with Crippen LogP contribution in [-0.2, 0) is 9.09 Å². The first-order chi connectivity index (χ1) is 3.42. The Bertz CT molecular complexity index is 131. The summed E-state index contributed by atoms with van der Waals surface area (Å²) in [5, 5.41) is 9.15. The molecule has 0 aromatic rings. The van der Waals surface area contributed by atoms with Crippen LogP contribution in [0.1, 0.15) is 0 Å². The van der Waals surface area contributed by atoms with Crippen molar-refractivity contribution in [3.05, 3.63) is 0 Å². The maximum atomic E-state index is 9.38. The Morgan fingerprint density at radius 1 is 1.75 bits per heavy atom. The molecule has 0 rings (SSSR count). The van der Waals surface area contributed by atoms with Crippen molar-refractivity contribution in [1.82, 2.24) is 0 Å². The smallest absolute Gasteiger partial charge is 0.258 e. The van der Waals surface area contributed by atoms with Gasteiger partial charge >= 0.3 is 0 Å². The Labute approximate surface area is 43.9 Å². The fourth-order valence-corrected chi connectivity index (χ4v) is 0.283. The minimum Gasteiger partial charge on any atom is -0.762 e. The maximum Gasteiger partial charge on any atom is 0.258 e.